The van der Waals surface area contributed by atoms with Gasteiger partial charge in [-0.3, -0.25) is 0 Å². The Morgan fingerprint density at radius 1 is 1.50 bits per heavy atom. The van der Waals surface area contributed by atoms with Crippen LogP contribution in [0.3, 0.4) is 0 Å². The average molecular weight is 211 g/mol. The lowest BCUT2D eigenvalue weighted by atomic mass is 10.2. The highest BCUT2D eigenvalue weighted by atomic mass is 35.5. The van der Waals surface area contributed by atoms with Crippen LogP contribution in [-0.4, -0.2) is 17.1 Å². The molecule has 0 atom stereocenters. The van der Waals surface area contributed by atoms with Gasteiger partial charge < -0.3 is 9.72 Å². The summed E-state index contributed by atoms with van der Waals surface area (Å²) in [6, 6.07) is 5.25. The van der Waals surface area contributed by atoms with Crippen LogP contribution in [0.1, 0.15) is 0 Å². The molecule has 1 N–H and O–H groups in total. The fourth-order valence-electron chi connectivity index (χ4n) is 1.27. The molecule has 0 aliphatic rings. The third-order valence-corrected chi connectivity index (χ3v) is 2.19. The van der Waals surface area contributed by atoms with Crippen molar-refractivity contribution in [1.82, 2.24) is 9.97 Å². The minimum atomic E-state index is -0.470. The Morgan fingerprint density at radius 2 is 2.29 bits per heavy atom. The molecular formula is C9H7ClN2O2. The van der Waals surface area contributed by atoms with Gasteiger partial charge in [-0.15, -0.1) is 0 Å². The van der Waals surface area contributed by atoms with Crippen LogP contribution >= 0.6 is 11.6 Å². The number of hydrogen-bond acceptors (Lipinski definition) is 3. The predicted molar refractivity (Wildman–Crippen MR) is 53.9 cm³/mol. The van der Waals surface area contributed by atoms with E-state index in [0.717, 1.165) is 0 Å². The highest BCUT2D eigenvalue weighted by molar-refractivity contribution is 6.35. The molecular weight excluding hydrogens is 204 g/mol. The Bertz CT molecular complexity index is 536. The Labute approximate surface area is 84.5 Å². The zero-order valence-corrected chi connectivity index (χ0v) is 8.13. The Morgan fingerprint density at radius 3 is 3.00 bits per heavy atom. The van der Waals surface area contributed by atoms with Crippen molar-refractivity contribution in [3.8, 4) is 5.88 Å². The van der Waals surface area contributed by atoms with Crippen molar-refractivity contribution in [3.63, 3.8) is 0 Å². The summed E-state index contributed by atoms with van der Waals surface area (Å²) in [4.78, 5) is 17.3. The average Bonchev–Trinajstić information content (AvgIpc) is 2.18. The first kappa shape index (κ1) is 9.02. The maximum Gasteiger partial charge on any atom is 0.348 e. The molecule has 0 spiro atoms. The van der Waals surface area contributed by atoms with E-state index in [1.807, 2.05) is 0 Å². The highest BCUT2D eigenvalue weighted by Gasteiger charge is 2.06. The molecule has 2 rings (SSSR count). The van der Waals surface area contributed by atoms with Gasteiger partial charge in [0, 0.05) is 0 Å². The summed E-state index contributed by atoms with van der Waals surface area (Å²) in [6.45, 7) is 0. The number of hydrogen-bond donors (Lipinski definition) is 1. The Balaban J connectivity index is 2.94. The molecule has 0 aliphatic carbocycles. The van der Waals surface area contributed by atoms with Gasteiger partial charge in [-0.05, 0) is 12.1 Å². The van der Waals surface area contributed by atoms with Crippen molar-refractivity contribution in [2.45, 2.75) is 0 Å². The number of fused-ring (bicyclic) bond motifs is 1. The van der Waals surface area contributed by atoms with Gasteiger partial charge in [0.25, 0.3) is 0 Å². The van der Waals surface area contributed by atoms with Gasteiger partial charge in [0.1, 0.15) is 0 Å². The molecule has 0 aliphatic heterocycles. The number of H-pyrrole nitrogens is 1. The van der Waals surface area contributed by atoms with Gasteiger partial charge in [-0.1, -0.05) is 17.7 Å². The molecule has 1 aromatic carbocycles. The van der Waals surface area contributed by atoms with Crippen molar-refractivity contribution >= 4 is 22.5 Å². The van der Waals surface area contributed by atoms with Gasteiger partial charge in [-0.25, -0.2) is 4.79 Å². The van der Waals surface area contributed by atoms with Crippen molar-refractivity contribution in [2.24, 2.45) is 0 Å². The SMILES string of the molecule is COc1nc(=O)[nH]c2c(Cl)cccc12. The van der Waals surface area contributed by atoms with E-state index < -0.39 is 5.69 Å². The first-order chi connectivity index (χ1) is 6.72. The molecule has 0 saturated heterocycles. The zero-order valence-electron chi connectivity index (χ0n) is 7.37. The van der Waals surface area contributed by atoms with Crippen molar-refractivity contribution < 1.29 is 4.74 Å². The lowest BCUT2D eigenvalue weighted by Crippen LogP contribution is -2.11. The molecule has 0 radical (unpaired) electrons. The largest absolute Gasteiger partial charge is 0.480 e. The number of ether oxygens (including phenoxy) is 1. The van der Waals surface area contributed by atoms with E-state index in [0.29, 0.717) is 15.9 Å². The molecule has 0 bridgehead atoms. The van der Waals surface area contributed by atoms with E-state index in [1.165, 1.54) is 7.11 Å². The number of para-hydroxylation sites is 1. The number of halogens is 1. The molecule has 2 aromatic rings. The van der Waals surface area contributed by atoms with Crippen LogP contribution in [0.5, 0.6) is 5.88 Å². The summed E-state index contributed by atoms with van der Waals surface area (Å²) >= 11 is 5.90. The topological polar surface area (TPSA) is 55.0 Å². The summed E-state index contributed by atoms with van der Waals surface area (Å²) in [6.07, 6.45) is 0. The Hall–Kier alpha value is -1.55. The molecule has 4 nitrogen and oxygen atoms in total. The number of rotatable bonds is 1. The monoisotopic (exact) mass is 210 g/mol. The smallest absolute Gasteiger partial charge is 0.348 e. The summed E-state index contributed by atoms with van der Waals surface area (Å²) in [5, 5.41) is 1.17. The second-order valence-electron chi connectivity index (χ2n) is 2.71. The second-order valence-corrected chi connectivity index (χ2v) is 3.12. The van der Waals surface area contributed by atoms with Gasteiger partial charge in [0.05, 0.1) is 23.0 Å². The number of methoxy groups -OCH3 is 1. The summed E-state index contributed by atoms with van der Waals surface area (Å²) in [5.74, 6) is 0.284. The first-order valence-corrected chi connectivity index (χ1v) is 4.32. The van der Waals surface area contributed by atoms with Crippen LogP contribution in [0.25, 0.3) is 10.9 Å². The molecule has 5 heteroatoms. The molecule has 0 amide bonds. The molecule has 72 valence electrons. The van der Waals surface area contributed by atoms with E-state index >= 15 is 0 Å². The van der Waals surface area contributed by atoms with Crippen molar-refractivity contribution in [2.75, 3.05) is 7.11 Å². The number of aromatic nitrogens is 2. The van der Waals surface area contributed by atoms with E-state index in [2.05, 4.69) is 9.97 Å². The van der Waals surface area contributed by atoms with Crippen LogP contribution in [0, 0.1) is 0 Å². The maximum atomic E-state index is 11.1. The normalized spacial score (nSPS) is 10.4. The van der Waals surface area contributed by atoms with Crippen LogP contribution in [0.2, 0.25) is 5.02 Å². The standard InChI is InChI=1S/C9H7ClN2O2/c1-14-8-5-3-2-4-6(10)7(5)11-9(13)12-8/h2-4H,1H3,(H,11,12,13). The second kappa shape index (κ2) is 3.31. The van der Waals surface area contributed by atoms with E-state index in [9.17, 15) is 4.79 Å². The summed E-state index contributed by atoms with van der Waals surface area (Å²) in [5.41, 5.74) is 0.0773. The van der Waals surface area contributed by atoms with Gasteiger partial charge in [-0.2, -0.15) is 4.98 Å². The van der Waals surface area contributed by atoms with Gasteiger partial charge in [0.2, 0.25) is 5.88 Å². The third-order valence-electron chi connectivity index (χ3n) is 1.87. The van der Waals surface area contributed by atoms with Crippen LogP contribution in [0.15, 0.2) is 23.0 Å². The maximum absolute atomic E-state index is 11.1. The predicted octanol–water partition coefficient (Wildman–Crippen LogP) is 1.59. The molecule has 0 saturated carbocycles. The molecule has 0 fully saturated rings. The fraction of sp³-hybridized carbons (Fsp3) is 0.111. The first-order valence-electron chi connectivity index (χ1n) is 3.95. The highest BCUT2D eigenvalue weighted by Crippen LogP contribution is 2.25. The van der Waals surface area contributed by atoms with Crippen LogP contribution < -0.4 is 10.4 Å². The van der Waals surface area contributed by atoms with Crippen LogP contribution in [0.4, 0.5) is 0 Å². The number of benzene rings is 1. The summed E-state index contributed by atoms with van der Waals surface area (Å²) < 4.78 is 4.97. The molecule has 1 aromatic heterocycles. The molecule has 0 unspecified atom stereocenters. The van der Waals surface area contributed by atoms with E-state index in [1.54, 1.807) is 18.2 Å². The fourth-order valence-corrected chi connectivity index (χ4v) is 1.49. The lowest BCUT2D eigenvalue weighted by Gasteiger charge is -2.03. The molecule has 1 heterocycles. The minimum Gasteiger partial charge on any atom is -0.480 e. The van der Waals surface area contributed by atoms with Crippen molar-refractivity contribution in [3.05, 3.63) is 33.7 Å². The zero-order chi connectivity index (χ0) is 10.1. The minimum absolute atomic E-state index is 0.284. The van der Waals surface area contributed by atoms with Crippen LogP contribution in [-0.2, 0) is 0 Å². The molecule has 14 heavy (non-hydrogen) atoms. The summed E-state index contributed by atoms with van der Waals surface area (Å²) in [7, 11) is 1.46. The third kappa shape index (κ3) is 1.33. The quantitative estimate of drug-likeness (QED) is 0.778. The van der Waals surface area contributed by atoms with Gasteiger partial charge in [0.15, 0.2) is 0 Å². The van der Waals surface area contributed by atoms with Crippen molar-refractivity contribution in [1.29, 1.82) is 0 Å². The van der Waals surface area contributed by atoms with Gasteiger partial charge >= 0.3 is 5.69 Å². The lowest BCUT2D eigenvalue weighted by molar-refractivity contribution is 0.401. The van der Waals surface area contributed by atoms with E-state index in [4.69, 9.17) is 16.3 Å². The number of nitrogens with one attached hydrogen (secondary N) is 1. The number of nitrogens with zero attached hydrogens (tertiary/aromatic N) is 1. The number of aromatic amines is 1. The van der Waals surface area contributed by atoms with E-state index in [-0.39, 0.29) is 5.88 Å². The Kier molecular flexibility index (Phi) is 2.13.